The second kappa shape index (κ2) is 6.39. The molecule has 1 heterocycles. The van der Waals surface area contributed by atoms with Gasteiger partial charge < -0.3 is 16.0 Å². The van der Waals surface area contributed by atoms with Gasteiger partial charge in [0.15, 0.2) is 0 Å². The molecule has 0 spiro atoms. The monoisotopic (exact) mass is 353 g/mol. The fourth-order valence-electron chi connectivity index (χ4n) is 2.43. The molecule has 2 aromatic carbocycles. The first-order chi connectivity index (χ1) is 10.6. The summed E-state index contributed by atoms with van der Waals surface area (Å²) in [6.45, 7) is 1.24. The summed E-state index contributed by atoms with van der Waals surface area (Å²) in [4.78, 5) is 3.06. The number of rotatable bonds is 4. The van der Waals surface area contributed by atoms with E-state index in [0.717, 1.165) is 27.1 Å². The molecule has 3 nitrogen and oxygen atoms in total. The average molecular weight is 355 g/mol. The normalized spacial score (nSPS) is 11.2. The van der Waals surface area contributed by atoms with Crippen molar-refractivity contribution in [2.45, 2.75) is 13.1 Å². The van der Waals surface area contributed by atoms with E-state index in [1.54, 1.807) is 6.20 Å². The molecule has 0 bridgehead atoms. The van der Waals surface area contributed by atoms with Crippen molar-refractivity contribution in [3.8, 4) is 0 Å². The number of halogens is 3. The maximum absolute atomic E-state index is 6.29. The number of aromatic nitrogens is 1. The van der Waals surface area contributed by atoms with Crippen LogP contribution in [0.25, 0.3) is 10.9 Å². The van der Waals surface area contributed by atoms with Crippen molar-refractivity contribution in [1.82, 2.24) is 10.3 Å². The van der Waals surface area contributed by atoms with Gasteiger partial charge in [-0.05, 0) is 23.3 Å². The van der Waals surface area contributed by atoms with Gasteiger partial charge >= 0.3 is 0 Å². The lowest BCUT2D eigenvalue weighted by atomic mass is 10.1. The smallest absolute Gasteiger partial charge is 0.0721 e. The van der Waals surface area contributed by atoms with Crippen LogP contribution in [0.3, 0.4) is 0 Å². The lowest BCUT2D eigenvalue weighted by molar-refractivity contribution is 0.695. The molecule has 0 unspecified atom stereocenters. The van der Waals surface area contributed by atoms with Gasteiger partial charge in [0.05, 0.1) is 21.2 Å². The van der Waals surface area contributed by atoms with Gasteiger partial charge in [0.2, 0.25) is 0 Å². The van der Waals surface area contributed by atoms with Crippen LogP contribution in [0.15, 0.2) is 36.5 Å². The van der Waals surface area contributed by atoms with Gasteiger partial charge in [0, 0.05) is 29.7 Å². The number of nitrogens with two attached hydrogens (primary N) is 1. The maximum Gasteiger partial charge on any atom is 0.0721 e. The molecule has 0 atom stereocenters. The number of anilines is 1. The molecule has 6 heteroatoms. The summed E-state index contributed by atoms with van der Waals surface area (Å²) >= 11 is 18.5. The molecular weight excluding hydrogens is 341 g/mol. The number of fused-ring (bicyclic) bond motifs is 1. The van der Waals surface area contributed by atoms with Gasteiger partial charge in [-0.2, -0.15) is 0 Å². The highest BCUT2D eigenvalue weighted by atomic mass is 35.5. The molecule has 0 aliphatic rings. The minimum atomic E-state index is 0.572. The highest BCUT2D eigenvalue weighted by Crippen LogP contribution is 2.35. The molecule has 0 radical (unpaired) electrons. The van der Waals surface area contributed by atoms with Gasteiger partial charge in [-0.25, -0.2) is 0 Å². The lowest BCUT2D eigenvalue weighted by Gasteiger charge is -2.11. The quantitative estimate of drug-likeness (QED) is 0.577. The zero-order valence-corrected chi connectivity index (χ0v) is 13.9. The fourth-order valence-corrected chi connectivity index (χ4v) is 3.26. The van der Waals surface area contributed by atoms with Crippen molar-refractivity contribution in [2.75, 3.05) is 5.73 Å². The molecule has 0 saturated carbocycles. The van der Waals surface area contributed by atoms with Gasteiger partial charge in [-0.3, -0.25) is 0 Å². The third-order valence-corrected chi connectivity index (χ3v) is 4.54. The van der Waals surface area contributed by atoms with Crippen molar-refractivity contribution in [3.05, 3.63) is 62.7 Å². The standard InChI is InChI=1S/C16H14Cl3N3/c17-11-4-2-1-3-9(11)6-21-7-10-5-12(18)14-13(19)8-22-16(14)15(10)20/h1-5,8,21-22H,6-7,20H2. The second-order valence-corrected chi connectivity index (χ2v) is 6.23. The predicted octanol–water partition coefficient (Wildman–Crippen LogP) is 5.00. The van der Waals surface area contributed by atoms with Crippen molar-refractivity contribution < 1.29 is 0 Å². The Morgan fingerprint density at radius 2 is 1.68 bits per heavy atom. The van der Waals surface area contributed by atoms with Crippen LogP contribution in [0.1, 0.15) is 11.1 Å². The van der Waals surface area contributed by atoms with Gasteiger partial charge in [0.1, 0.15) is 0 Å². The molecule has 0 fully saturated rings. The molecule has 0 amide bonds. The molecule has 1 aromatic heterocycles. The summed E-state index contributed by atoms with van der Waals surface area (Å²) < 4.78 is 0. The third kappa shape index (κ3) is 2.90. The summed E-state index contributed by atoms with van der Waals surface area (Å²) in [5.41, 5.74) is 9.58. The number of benzene rings is 2. The average Bonchev–Trinajstić information content (AvgIpc) is 2.89. The van der Waals surface area contributed by atoms with Crippen molar-refractivity contribution >= 4 is 51.4 Å². The zero-order valence-electron chi connectivity index (χ0n) is 11.6. The molecular formula is C16H14Cl3N3. The zero-order chi connectivity index (χ0) is 15.7. The van der Waals surface area contributed by atoms with Crippen molar-refractivity contribution in [2.24, 2.45) is 0 Å². The molecule has 0 saturated heterocycles. The first-order valence-electron chi connectivity index (χ1n) is 6.75. The van der Waals surface area contributed by atoms with E-state index in [9.17, 15) is 0 Å². The van der Waals surface area contributed by atoms with E-state index in [4.69, 9.17) is 40.5 Å². The molecule has 22 heavy (non-hydrogen) atoms. The first-order valence-corrected chi connectivity index (χ1v) is 7.89. The Kier molecular flexibility index (Phi) is 4.50. The minimum absolute atomic E-state index is 0.572. The van der Waals surface area contributed by atoms with Crippen molar-refractivity contribution in [3.63, 3.8) is 0 Å². The fraction of sp³-hybridized carbons (Fsp3) is 0.125. The molecule has 114 valence electrons. The van der Waals surface area contributed by atoms with Crippen LogP contribution in [0, 0.1) is 0 Å². The molecule has 3 aromatic rings. The number of hydrogen-bond donors (Lipinski definition) is 3. The summed E-state index contributed by atoms with van der Waals surface area (Å²) in [6.07, 6.45) is 1.69. The lowest BCUT2D eigenvalue weighted by Crippen LogP contribution is -2.14. The summed E-state index contributed by atoms with van der Waals surface area (Å²) in [6, 6.07) is 9.57. The van der Waals surface area contributed by atoms with E-state index < -0.39 is 0 Å². The Morgan fingerprint density at radius 1 is 0.955 bits per heavy atom. The number of nitrogens with one attached hydrogen (secondary N) is 2. The Hall–Kier alpha value is -1.39. The predicted molar refractivity (Wildman–Crippen MR) is 94.7 cm³/mol. The van der Waals surface area contributed by atoms with Crippen molar-refractivity contribution in [1.29, 1.82) is 0 Å². The minimum Gasteiger partial charge on any atom is -0.397 e. The number of H-pyrrole nitrogens is 1. The third-order valence-electron chi connectivity index (χ3n) is 3.58. The first kappa shape index (κ1) is 15.5. The van der Waals surface area contributed by atoms with Gasteiger partial charge in [-0.1, -0.05) is 53.0 Å². The highest BCUT2D eigenvalue weighted by molar-refractivity contribution is 6.42. The van der Waals surface area contributed by atoms with Crippen LogP contribution < -0.4 is 11.1 Å². The van der Waals surface area contributed by atoms with Crippen LogP contribution in [0.4, 0.5) is 5.69 Å². The van der Waals surface area contributed by atoms with E-state index in [1.165, 1.54) is 0 Å². The van der Waals surface area contributed by atoms with Crippen LogP contribution in [0.5, 0.6) is 0 Å². The summed E-state index contributed by atoms with van der Waals surface area (Å²) in [5.74, 6) is 0. The SMILES string of the molecule is Nc1c(CNCc2ccccc2Cl)cc(Cl)c2c(Cl)c[nH]c12. The highest BCUT2D eigenvalue weighted by Gasteiger charge is 2.13. The molecule has 3 rings (SSSR count). The second-order valence-electron chi connectivity index (χ2n) is 5.01. The Bertz CT molecular complexity index is 827. The van der Waals surface area contributed by atoms with E-state index in [-0.39, 0.29) is 0 Å². The van der Waals surface area contributed by atoms with Crippen LogP contribution in [-0.4, -0.2) is 4.98 Å². The number of aromatic amines is 1. The topological polar surface area (TPSA) is 53.8 Å². The largest absolute Gasteiger partial charge is 0.397 e. The summed E-state index contributed by atoms with van der Waals surface area (Å²) in [7, 11) is 0. The van der Waals surface area contributed by atoms with Crippen LogP contribution in [0.2, 0.25) is 15.1 Å². The van der Waals surface area contributed by atoms with Crippen LogP contribution >= 0.6 is 34.8 Å². The summed E-state index contributed by atoms with van der Waals surface area (Å²) in [5, 5.41) is 5.99. The van der Waals surface area contributed by atoms with E-state index in [0.29, 0.717) is 28.8 Å². The number of nitrogen functional groups attached to an aromatic ring is 1. The molecule has 0 aliphatic heterocycles. The van der Waals surface area contributed by atoms with Crippen LogP contribution in [-0.2, 0) is 13.1 Å². The Balaban J connectivity index is 1.80. The molecule has 4 N–H and O–H groups in total. The van der Waals surface area contributed by atoms with Gasteiger partial charge in [-0.15, -0.1) is 0 Å². The molecule has 0 aliphatic carbocycles. The number of hydrogen-bond acceptors (Lipinski definition) is 2. The van der Waals surface area contributed by atoms with Gasteiger partial charge in [0.25, 0.3) is 0 Å². The Labute approximate surface area is 143 Å². The Morgan fingerprint density at radius 3 is 2.45 bits per heavy atom. The van der Waals surface area contributed by atoms with E-state index in [2.05, 4.69) is 10.3 Å². The van der Waals surface area contributed by atoms with E-state index in [1.807, 2.05) is 30.3 Å². The maximum atomic E-state index is 6.29. The van der Waals surface area contributed by atoms with E-state index >= 15 is 0 Å².